The Kier molecular flexibility index (Phi) is 5.94. The number of anilines is 1. The minimum absolute atomic E-state index is 0.0159. The van der Waals surface area contributed by atoms with E-state index in [0.717, 1.165) is 17.7 Å². The number of hydrogen-bond donors (Lipinski definition) is 1. The van der Waals surface area contributed by atoms with Crippen molar-refractivity contribution in [2.45, 2.75) is 19.4 Å². The second kappa shape index (κ2) is 8.14. The number of benzene rings is 2. The van der Waals surface area contributed by atoms with Crippen LogP contribution in [-0.4, -0.2) is 25.1 Å². The van der Waals surface area contributed by atoms with Gasteiger partial charge in [0, 0.05) is 11.8 Å². The Morgan fingerprint density at radius 1 is 1.20 bits per heavy atom. The monoisotopic (exact) mass is 344 g/mol. The van der Waals surface area contributed by atoms with Gasteiger partial charge >= 0.3 is 5.97 Å². The molecule has 0 aliphatic carbocycles. The molecule has 0 aliphatic heterocycles. The van der Waals surface area contributed by atoms with E-state index in [4.69, 9.17) is 4.74 Å². The molecule has 0 radical (unpaired) electrons. The molecule has 7 nitrogen and oxygen atoms in total. The van der Waals surface area contributed by atoms with E-state index in [1.54, 1.807) is 13.2 Å². The van der Waals surface area contributed by atoms with Crippen LogP contribution in [0.25, 0.3) is 0 Å². The van der Waals surface area contributed by atoms with E-state index in [1.807, 2.05) is 31.2 Å². The molecule has 2 aromatic carbocycles. The molecule has 25 heavy (non-hydrogen) atoms. The zero-order valence-electron chi connectivity index (χ0n) is 14.3. The molecule has 2 rings (SSSR count). The first-order valence-electron chi connectivity index (χ1n) is 7.77. The molecular weight excluding hydrogens is 324 g/mol. The lowest BCUT2D eigenvalue weighted by molar-refractivity contribution is -0.385. The molecule has 1 N–H and O–H groups in total. The maximum Gasteiger partial charge on any atom is 0.344 e. The van der Waals surface area contributed by atoms with Crippen LogP contribution >= 0.6 is 0 Å². The highest BCUT2D eigenvalue weighted by atomic mass is 16.6. The van der Waals surface area contributed by atoms with Crippen molar-refractivity contribution in [2.75, 3.05) is 19.5 Å². The number of nitro benzene ring substituents is 1. The van der Waals surface area contributed by atoms with E-state index in [0.29, 0.717) is 5.69 Å². The highest BCUT2D eigenvalue weighted by Gasteiger charge is 2.22. The van der Waals surface area contributed by atoms with E-state index >= 15 is 0 Å². The summed E-state index contributed by atoms with van der Waals surface area (Å²) in [6.07, 6.45) is 0.789. The minimum Gasteiger partial charge on any atom is -0.497 e. The Morgan fingerprint density at radius 2 is 1.88 bits per heavy atom. The Morgan fingerprint density at radius 3 is 2.40 bits per heavy atom. The first kappa shape index (κ1) is 18.3. The lowest BCUT2D eigenvalue weighted by Crippen LogP contribution is -2.11. The van der Waals surface area contributed by atoms with E-state index < -0.39 is 10.9 Å². The van der Waals surface area contributed by atoms with Crippen LogP contribution in [0.1, 0.15) is 35.3 Å². The number of carbonyl (C=O) groups is 1. The summed E-state index contributed by atoms with van der Waals surface area (Å²) in [5, 5.41) is 14.4. The molecular formula is C18H20N2O5. The SMILES string of the molecule is CCC(Nc1ccc([N+](=O)[O-])c(C(=O)OC)c1)c1ccc(OC)cc1. The number of esters is 1. The first-order valence-corrected chi connectivity index (χ1v) is 7.77. The van der Waals surface area contributed by atoms with Gasteiger partial charge in [-0.2, -0.15) is 0 Å². The van der Waals surface area contributed by atoms with Crippen molar-refractivity contribution >= 4 is 17.3 Å². The van der Waals surface area contributed by atoms with Crippen molar-refractivity contribution in [1.82, 2.24) is 0 Å². The Balaban J connectivity index is 2.30. The number of rotatable bonds is 7. The second-order valence-corrected chi connectivity index (χ2v) is 5.36. The molecule has 0 heterocycles. The molecule has 2 aromatic rings. The van der Waals surface area contributed by atoms with Crippen LogP contribution in [0.4, 0.5) is 11.4 Å². The van der Waals surface area contributed by atoms with E-state index in [2.05, 4.69) is 10.1 Å². The summed E-state index contributed by atoms with van der Waals surface area (Å²) >= 11 is 0. The van der Waals surface area contributed by atoms with Crippen LogP contribution in [0, 0.1) is 10.1 Å². The van der Waals surface area contributed by atoms with Crippen LogP contribution in [0.3, 0.4) is 0 Å². The number of hydrogen-bond acceptors (Lipinski definition) is 6. The predicted octanol–water partition coefficient (Wildman–Crippen LogP) is 3.95. The third-order valence-electron chi connectivity index (χ3n) is 3.87. The average molecular weight is 344 g/mol. The van der Waals surface area contributed by atoms with Gasteiger partial charge < -0.3 is 14.8 Å². The minimum atomic E-state index is -0.743. The zero-order chi connectivity index (χ0) is 18.4. The van der Waals surface area contributed by atoms with Gasteiger partial charge in [0.15, 0.2) is 0 Å². The van der Waals surface area contributed by atoms with Crippen LogP contribution in [0.5, 0.6) is 5.75 Å². The number of carbonyl (C=O) groups excluding carboxylic acids is 1. The molecule has 0 fully saturated rings. The molecule has 0 bridgehead atoms. The quantitative estimate of drug-likeness (QED) is 0.464. The van der Waals surface area contributed by atoms with Crippen molar-refractivity contribution in [3.63, 3.8) is 0 Å². The third-order valence-corrected chi connectivity index (χ3v) is 3.87. The van der Waals surface area contributed by atoms with Gasteiger partial charge in [-0.15, -0.1) is 0 Å². The van der Waals surface area contributed by atoms with Crippen LogP contribution in [-0.2, 0) is 4.74 Å². The lowest BCUT2D eigenvalue weighted by atomic mass is 10.0. The maximum absolute atomic E-state index is 11.8. The van der Waals surface area contributed by atoms with Crippen molar-refractivity contribution in [3.05, 3.63) is 63.7 Å². The summed E-state index contributed by atoms with van der Waals surface area (Å²) in [7, 11) is 2.80. The van der Waals surface area contributed by atoms with Crippen molar-refractivity contribution in [3.8, 4) is 5.75 Å². The van der Waals surface area contributed by atoms with Gasteiger partial charge in [0.2, 0.25) is 0 Å². The van der Waals surface area contributed by atoms with Crippen molar-refractivity contribution in [1.29, 1.82) is 0 Å². The molecule has 0 saturated heterocycles. The summed E-state index contributed by atoms with van der Waals surface area (Å²) in [5.74, 6) is 0.0229. The number of nitrogens with one attached hydrogen (secondary N) is 1. The molecule has 0 saturated carbocycles. The Hall–Kier alpha value is -3.09. The first-order chi connectivity index (χ1) is 12.0. The maximum atomic E-state index is 11.8. The standard InChI is InChI=1S/C18H20N2O5/c1-4-16(12-5-8-14(24-2)9-6-12)19-13-7-10-17(20(22)23)15(11-13)18(21)25-3/h5-11,16,19H,4H2,1-3H3. The topological polar surface area (TPSA) is 90.7 Å². The summed E-state index contributed by atoms with van der Waals surface area (Å²) in [6, 6.07) is 11.9. The van der Waals surface area contributed by atoms with Gasteiger partial charge in [0.05, 0.1) is 25.2 Å². The summed E-state index contributed by atoms with van der Waals surface area (Å²) in [5.41, 5.74) is 1.28. The normalized spacial score (nSPS) is 11.5. The number of methoxy groups -OCH3 is 2. The molecule has 7 heteroatoms. The van der Waals surface area contributed by atoms with Gasteiger partial charge in [-0.1, -0.05) is 19.1 Å². The predicted molar refractivity (Wildman–Crippen MR) is 94.1 cm³/mol. The van der Waals surface area contributed by atoms with Gasteiger partial charge in [0.25, 0.3) is 5.69 Å². The average Bonchev–Trinajstić information content (AvgIpc) is 2.65. The van der Waals surface area contributed by atoms with E-state index in [-0.39, 0.29) is 17.3 Å². The van der Waals surface area contributed by atoms with Gasteiger partial charge in [-0.25, -0.2) is 4.79 Å². The Labute approximate surface area is 145 Å². The molecule has 1 atom stereocenters. The smallest absolute Gasteiger partial charge is 0.344 e. The molecule has 132 valence electrons. The van der Waals surface area contributed by atoms with Crippen LogP contribution in [0.15, 0.2) is 42.5 Å². The number of nitrogens with zero attached hydrogens (tertiary/aromatic N) is 1. The molecule has 0 aromatic heterocycles. The van der Waals surface area contributed by atoms with Gasteiger partial charge in [-0.05, 0) is 36.2 Å². The highest BCUT2D eigenvalue weighted by Crippen LogP contribution is 2.28. The Bertz CT molecular complexity index is 759. The molecule has 0 amide bonds. The van der Waals surface area contributed by atoms with E-state index in [1.165, 1.54) is 19.2 Å². The fraction of sp³-hybridized carbons (Fsp3) is 0.278. The third kappa shape index (κ3) is 4.26. The van der Waals surface area contributed by atoms with E-state index in [9.17, 15) is 14.9 Å². The summed E-state index contributed by atoms with van der Waals surface area (Å²) in [6.45, 7) is 2.02. The van der Waals surface area contributed by atoms with Crippen LogP contribution in [0.2, 0.25) is 0 Å². The fourth-order valence-corrected chi connectivity index (χ4v) is 2.52. The zero-order valence-corrected chi connectivity index (χ0v) is 14.3. The molecule has 0 spiro atoms. The summed E-state index contributed by atoms with van der Waals surface area (Å²) in [4.78, 5) is 22.3. The second-order valence-electron chi connectivity index (χ2n) is 5.36. The van der Waals surface area contributed by atoms with Crippen LogP contribution < -0.4 is 10.1 Å². The largest absolute Gasteiger partial charge is 0.497 e. The van der Waals surface area contributed by atoms with Gasteiger partial charge in [0.1, 0.15) is 11.3 Å². The molecule has 1 unspecified atom stereocenters. The van der Waals surface area contributed by atoms with Gasteiger partial charge in [-0.3, -0.25) is 10.1 Å². The highest BCUT2D eigenvalue weighted by molar-refractivity contribution is 5.95. The molecule has 0 aliphatic rings. The summed E-state index contributed by atoms with van der Waals surface area (Å²) < 4.78 is 9.79. The van der Waals surface area contributed by atoms with Crippen molar-refractivity contribution in [2.24, 2.45) is 0 Å². The number of ether oxygens (including phenoxy) is 2. The lowest BCUT2D eigenvalue weighted by Gasteiger charge is -2.19. The fourth-order valence-electron chi connectivity index (χ4n) is 2.52. The van der Waals surface area contributed by atoms with Crippen molar-refractivity contribution < 1.29 is 19.2 Å². The number of nitro groups is 1.